The molecule has 0 bridgehead atoms. The van der Waals surface area contributed by atoms with Gasteiger partial charge in [-0.25, -0.2) is 0 Å². The van der Waals surface area contributed by atoms with E-state index in [0.29, 0.717) is 12.3 Å². The second-order valence-corrected chi connectivity index (χ2v) is 5.28. The van der Waals surface area contributed by atoms with Crippen molar-refractivity contribution >= 4 is 17.5 Å². The number of aliphatic hydroxyl groups excluding tert-OH is 1. The summed E-state index contributed by atoms with van der Waals surface area (Å²) in [6.45, 7) is 0.419. The number of rotatable bonds is 2. The highest BCUT2D eigenvalue weighted by Gasteiger charge is 2.41. The second kappa shape index (κ2) is 5.25. The van der Waals surface area contributed by atoms with E-state index >= 15 is 0 Å². The third-order valence-corrected chi connectivity index (χ3v) is 3.80. The lowest BCUT2D eigenvalue weighted by Crippen LogP contribution is -2.51. The maximum atomic E-state index is 12.5. The van der Waals surface area contributed by atoms with Crippen molar-refractivity contribution in [1.29, 1.82) is 0 Å². The fraction of sp³-hybridized carbons (Fsp3) is 0.429. The van der Waals surface area contributed by atoms with Crippen molar-refractivity contribution in [3.05, 3.63) is 24.3 Å². The molecule has 1 aromatic carbocycles. The molecule has 1 fully saturated rings. The molecule has 0 aliphatic carbocycles. The quantitative estimate of drug-likeness (QED) is 0.669. The molecule has 2 aliphatic rings. The highest BCUT2D eigenvalue weighted by Crippen LogP contribution is 2.29. The van der Waals surface area contributed by atoms with Crippen LogP contribution in [0.1, 0.15) is 6.42 Å². The first kappa shape index (κ1) is 13.7. The van der Waals surface area contributed by atoms with Crippen molar-refractivity contribution < 1.29 is 19.4 Å². The van der Waals surface area contributed by atoms with Crippen molar-refractivity contribution in [2.75, 3.05) is 18.4 Å². The first-order valence-corrected chi connectivity index (χ1v) is 6.83. The largest absolute Gasteiger partial charge is 0.477 e. The van der Waals surface area contributed by atoms with Crippen LogP contribution in [0.15, 0.2) is 24.3 Å². The second-order valence-electron chi connectivity index (χ2n) is 5.28. The van der Waals surface area contributed by atoms with Crippen molar-refractivity contribution in [3.63, 3.8) is 0 Å². The Labute approximate surface area is 121 Å². The molecule has 4 N–H and O–H groups in total. The SMILES string of the molecule is NC(=O)C1CC(O)CN1C(=O)C1CNc2ccccc2O1. The highest BCUT2D eigenvalue weighted by atomic mass is 16.5. The summed E-state index contributed by atoms with van der Waals surface area (Å²) >= 11 is 0. The molecule has 7 nitrogen and oxygen atoms in total. The normalized spacial score (nSPS) is 27.5. The summed E-state index contributed by atoms with van der Waals surface area (Å²) in [5, 5.41) is 12.8. The summed E-state index contributed by atoms with van der Waals surface area (Å²) in [7, 11) is 0. The zero-order valence-corrected chi connectivity index (χ0v) is 11.4. The highest BCUT2D eigenvalue weighted by molar-refractivity contribution is 5.90. The van der Waals surface area contributed by atoms with Gasteiger partial charge >= 0.3 is 0 Å². The van der Waals surface area contributed by atoms with Crippen LogP contribution < -0.4 is 15.8 Å². The van der Waals surface area contributed by atoms with Crippen molar-refractivity contribution in [3.8, 4) is 5.75 Å². The number of nitrogens with one attached hydrogen (secondary N) is 1. The molecule has 21 heavy (non-hydrogen) atoms. The first-order valence-electron chi connectivity index (χ1n) is 6.83. The number of aliphatic hydroxyl groups is 1. The van der Waals surface area contributed by atoms with Gasteiger partial charge in [-0.1, -0.05) is 12.1 Å². The fourth-order valence-electron chi connectivity index (χ4n) is 2.76. The molecule has 2 aliphatic heterocycles. The Balaban J connectivity index is 1.76. The number of amides is 2. The average molecular weight is 291 g/mol. The van der Waals surface area contributed by atoms with E-state index in [0.717, 1.165) is 5.69 Å². The average Bonchev–Trinajstić information content (AvgIpc) is 2.88. The molecule has 2 amide bonds. The Kier molecular flexibility index (Phi) is 3.42. The number of carbonyl (C=O) groups is 2. The van der Waals surface area contributed by atoms with Gasteiger partial charge in [0.1, 0.15) is 11.8 Å². The van der Waals surface area contributed by atoms with E-state index in [2.05, 4.69) is 5.32 Å². The Hall–Kier alpha value is -2.28. The van der Waals surface area contributed by atoms with Gasteiger partial charge in [0, 0.05) is 13.0 Å². The third kappa shape index (κ3) is 2.52. The Bertz CT molecular complexity index is 577. The van der Waals surface area contributed by atoms with Gasteiger partial charge in [-0.2, -0.15) is 0 Å². The third-order valence-electron chi connectivity index (χ3n) is 3.80. The molecule has 3 rings (SSSR count). The van der Waals surface area contributed by atoms with Gasteiger partial charge in [0.05, 0.1) is 18.3 Å². The zero-order chi connectivity index (χ0) is 15.0. The van der Waals surface area contributed by atoms with E-state index in [-0.39, 0.29) is 18.9 Å². The number of likely N-dealkylation sites (tertiary alicyclic amines) is 1. The molecule has 1 aromatic rings. The Morgan fingerprint density at radius 3 is 2.90 bits per heavy atom. The molecule has 7 heteroatoms. The van der Waals surface area contributed by atoms with E-state index in [1.165, 1.54) is 4.90 Å². The lowest BCUT2D eigenvalue weighted by atomic mass is 10.1. The summed E-state index contributed by atoms with van der Waals surface area (Å²) in [5.41, 5.74) is 6.12. The maximum absolute atomic E-state index is 12.5. The zero-order valence-electron chi connectivity index (χ0n) is 11.4. The predicted octanol–water partition coefficient (Wildman–Crippen LogP) is -0.693. The first-order chi connectivity index (χ1) is 10.1. The number of hydrogen-bond acceptors (Lipinski definition) is 5. The van der Waals surface area contributed by atoms with Crippen molar-refractivity contribution in [1.82, 2.24) is 4.90 Å². The summed E-state index contributed by atoms with van der Waals surface area (Å²) < 4.78 is 5.68. The van der Waals surface area contributed by atoms with Crippen LogP contribution in [0.25, 0.3) is 0 Å². The maximum Gasteiger partial charge on any atom is 0.266 e. The minimum atomic E-state index is -0.770. The van der Waals surface area contributed by atoms with Gasteiger partial charge in [-0.3, -0.25) is 9.59 Å². The van der Waals surface area contributed by atoms with Crippen LogP contribution in [0.4, 0.5) is 5.69 Å². The number of hydrogen-bond donors (Lipinski definition) is 3. The molecule has 3 atom stereocenters. The molecule has 3 unspecified atom stereocenters. The molecular formula is C14H17N3O4. The molecule has 0 aromatic heterocycles. The number of carbonyl (C=O) groups excluding carboxylic acids is 2. The number of anilines is 1. The number of fused-ring (bicyclic) bond motifs is 1. The fourth-order valence-corrected chi connectivity index (χ4v) is 2.76. The predicted molar refractivity (Wildman–Crippen MR) is 74.7 cm³/mol. The Morgan fingerprint density at radius 2 is 2.14 bits per heavy atom. The number of benzene rings is 1. The van der Waals surface area contributed by atoms with Crippen LogP contribution >= 0.6 is 0 Å². The van der Waals surface area contributed by atoms with Crippen molar-refractivity contribution in [2.24, 2.45) is 5.73 Å². The van der Waals surface area contributed by atoms with E-state index in [4.69, 9.17) is 10.5 Å². The summed E-state index contributed by atoms with van der Waals surface area (Å²) in [6, 6.07) is 6.55. The minimum absolute atomic E-state index is 0.105. The van der Waals surface area contributed by atoms with E-state index in [1.807, 2.05) is 18.2 Å². The molecule has 2 heterocycles. The summed E-state index contributed by atoms with van der Waals surface area (Å²) in [6.07, 6.45) is -1.28. The van der Waals surface area contributed by atoms with Crippen LogP contribution in [0.5, 0.6) is 5.75 Å². The van der Waals surface area contributed by atoms with E-state index < -0.39 is 24.2 Å². The molecule has 112 valence electrons. The lowest BCUT2D eigenvalue weighted by Gasteiger charge is -2.31. The molecule has 1 saturated heterocycles. The Morgan fingerprint density at radius 1 is 1.38 bits per heavy atom. The molecule has 0 radical (unpaired) electrons. The topological polar surface area (TPSA) is 105 Å². The molecular weight excluding hydrogens is 274 g/mol. The number of primary amides is 1. The minimum Gasteiger partial charge on any atom is -0.477 e. The summed E-state index contributed by atoms with van der Waals surface area (Å²) in [5.74, 6) is -0.348. The smallest absolute Gasteiger partial charge is 0.266 e. The van der Waals surface area contributed by atoms with Gasteiger partial charge in [-0.15, -0.1) is 0 Å². The van der Waals surface area contributed by atoms with Gasteiger partial charge < -0.3 is 25.8 Å². The van der Waals surface area contributed by atoms with E-state index in [1.54, 1.807) is 6.07 Å². The standard InChI is InChI=1S/C14H17N3O4/c15-13(19)10-5-8(18)7-17(10)14(20)12-6-16-9-3-1-2-4-11(9)21-12/h1-4,8,10,12,16,18H,5-7H2,(H2,15,19). The number of nitrogens with two attached hydrogens (primary N) is 1. The summed E-state index contributed by atoms with van der Waals surface area (Å²) in [4.78, 5) is 25.2. The lowest BCUT2D eigenvalue weighted by molar-refractivity contribution is -0.143. The molecule has 0 saturated carbocycles. The van der Waals surface area contributed by atoms with Gasteiger partial charge in [0.15, 0.2) is 6.10 Å². The van der Waals surface area contributed by atoms with Crippen LogP contribution in [-0.2, 0) is 9.59 Å². The van der Waals surface area contributed by atoms with Gasteiger partial charge in [0.2, 0.25) is 5.91 Å². The number of ether oxygens (including phenoxy) is 1. The number of nitrogens with zero attached hydrogens (tertiary/aromatic N) is 1. The number of para-hydroxylation sites is 2. The molecule has 0 spiro atoms. The van der Waals surface area contributed by atoms with Crippen LogP contribution in [0.3, 0.4) is 0 Å². The van der Waals surface area contributed by atoms with Gasteiger partial charge in [-0.05, 0) is 12.1 Å². The van der Waals surface area contributed by atoms with Crippen molar-refractivity contribution in [2.45, 2.75) is 24.7 Å². The van der Waals surface area contributed by atoms with Crippen LogP contribution in [0, 0.1) is 0 Å². The number of β-amino-alcohol motifs (C(OH)–C–C–N with tert-alkyl or cyclic N) is 1. The monoisotopic (exact) mass is 291 g/mol. The van der Waals surface area contributed by atoms with Crippen LogP contribution in [0.2, 0.25) is 0 Å². The van der Waals surface area contributed by atoms with Crippen LogP contribution in [-0.4, -0.2) is 53.2 Å². The van der Waals surface area contributed by atoms with Gasteiger partial charge in [0.25, 0.3) is 5.91 Å². The van der Waals surface area contributed by atoms with E-state index in [9.17, 15) is 14.7 Å².